The first-order valence-electron chi connectivity index (χ1n) is 14.0. The second-order valence-electron chi connectivity index (χ2n) is 11.2. The van der Waals surface area contributed by atoms with Crippen LogP contribution in [0.5, 0.6) is 0 Å². The standard InChI is InChI=1S/C32H39N5O2/c1-32(2,31-33-35-36-34-31)26-16-9-15-25(21-26)29(39)17-10-19-37-20-18-27(38)22-28(37)30(23-11-5-3-6-12-23)24-13-7-4-8-14-24/h3-9,11-16,21,27-30,38-39H,10,17-20,22H2,1-2H3,(H,33,34,35,36). The van der Waals surface area contributed by atoms with Gasteiger partial charge in [-0.05, 0) is 68.3 Å². The van der Waals surface area contributed by atoms with Crippen molar-refractivity contribution in [3.05, 3.63) is 113 Å². The van der Waals surface area contributed by atoms with Crippen molar-refractivity contribution in [3.63, 3.8) is 0 Å². The van der Waals surface area contributed by atoms with Crippen molar-refractivity contribution in [2.24, 2.45) is 0 Å². The SMILES string of the molecule is CC(C)(c1cccc(C(O)CCCN2CCC(O)CC2C(c2ccccc2)c2ccccc2)c1)c1nn[nH]n1. The second-order valence-corrected chi connectivity index (χ2v) is 11.2. The zero-order valence-electron chi connectivity index (χ0n) is 22.8. The Balaban J connectivity index is 1.29. The number of nitrogens with zero attached hydrogens (tertiary/aromatic N) is 4. The van der Waals surface area contributed by atoms with E-state index >= 15 is 0 Å². The van der Waals surface area contributed by atoms with Crippen LogP contribution in [0.1, 0.15) is 79.6 Å². The van der Waals surface area contributed by atoms with E-state index in [1.54, 1.807) is 0 Å². The summed E-state index contributed by atoms with van der Waals surface area (Å²) in [7, 11) is 0. The summed E-state index contributed by atoms with van der Waals surface area (Å²) in [5, 5.41) is 36.4. The van der Waals surface area contributed by atoms with Crippen molar-refractivity contribution in [1.29, 1.82) is 0 Å². The number of rotatable bonds is 10. The fourth-order valence-corrected chi connectivity index (χ4v) is 5.95. The van der Waals surface area contributed by atoms with Crippen LogP contribution in [0.15, 0.2) is 84.9 Å². The van der Waals surface area contributed by atoms with Crippen LogP contribution in [0.2, 0.25) is 0 Å². The van der Waals surface area contributed by atoms with E-state index in [1.807, 2.05) is 18.2 Å². The number of H-pyrrole nitrogens is 1. The number of tetrazole rings is 1. The molecule has 0 bridgehead atoms. The van der Waals surface area contributed by atoms with Crippen LogP contribution in [0.25, 0.3) is 0 Å². The van der Waals surface area contributed by atoms with Gasteiger partial charge in [0.05, 0.1) is 17.6 Å². The van der Waals surface area contributed by atoms with Gasteiger partial charge < -0.3 is 10.2 Å². The van der Waals surface area contributed by atoms with E-state index in [0.717, 1.165) is 43.5 Å². The lowest BCUT2D eigenvalue weighted by Crippen LogP contribution is -2.48. The Morgan fingerprint density at radius 3 is 2.26 bits per heavy atom. The first-order valence-corrected chi connectivity index (χ1v) is 14.0. The predicted octanol–water partition coefficient (Wildman–Crippen LogP) is 5.00. The number of piperidine rings is 1. The monoisotopic (exact) mass is 525 g/mol. The Labute approximate surface area is 230 Å². The molecule has 3 aromatic carbocycles. The van der Waals surface area contributed by atoms with E-state index in [2.05, 4.69) is 106 Å². The lowest BCUT2D eigenvalue weighted by molar-refractivity contribution is 0.0319. The van der Waals surface area contributed by atoms with Gasteiger partial charge >= 0.3 is 0 Å². The summed E-state index contributed by atoms with van der Waals surface area (Å²) in [6.07, 6.45) is 2.20. The van der Waals surface area contributed by atoms with Gasteiger partial charge in [-0.2, -0.15) is 5.21 Å². The summed E-state index contributed by atoms with van der Waals surface area (Å²) in [5.74, 6) is 0.801. The number of benzene rings is 3. The van der Waals surface area contributed by atoms with Gasteiger partial charge in [0, 0.05) is 18.5 Å². The molecule has 1 fully saturated rings. The fraction of sp³-hybridized carbons (Fsp3) is 0.406. The molecular weight excluding hydrogens is 486 g/mol. The lowest BCUT2D eigenvalue weighted by Gasteiger charge is -2.43. The van der Waals surface area contributed by atoms with Crippen molar-refractivity contribution < 1.29 is 10.2 Å². The van der Waals surface area contributed by atoms with Crippen LogP contribution in [0, 0.1) is 0 Å². The summed E-state index contributed by atoms with van der Waals surface area (Å²) in [4.78, 5) is 2.53. The number of hydrogen-bond acceptors (Lipinski definition) is 6. The molecule has 0 amide bonds. The van der Waals surface area contributed by atoms with Gasteiger partial charge in [-0.15, -0.1) is 10.2 Å². The van der Waals surface area contributed by atoms with E-state index in [9.17, 15) is 10.2 Å². The summed E-state index contributed by atoms with van der Waals surface area (Å²) >= 11 is 0. The third-order valence-corrected chi connectivity index (χ3v) is 8.25. The van der Waals surface area contributed by atoms with Crippen LogP contribution in [0.4, 0.5) is 0 Å². The van der Waals surface area contributed by atoms with E-state index in [-0.39, 0.29) is 18.1 Å². The maximum atomic E-state index is 11.1. The van der Waals surface area contributed by atoms with E-state index in [0.29, 0.717) is 12.2 Å². The Morgan fingerprint density at radius 1 is 0.949 bits per heavy atom. The van der Waals surface area contributed by atoms with Gasteiger partial charge in [0.15, 0.2) is 5.82 Å². The minimum atomic E-state index is -0.557. The molecule has 0 aliphatic carbocycles. The molecule has 1 saturated heterocycles. The molecule has 5 rings (SSSR count). The van der Waals surface area contributed by atoms with Gasteiger partial charge in [-0.25, -0.2) is 0 Å². The smallest absolute Gasteiger partial charge is 0.184 e. The predicted molar refractivity (Wildman–Crippen MR) is 152 cm³/mol. The second kappa shape index (κ2) is 12.2. The molecule has 3 unspecified atom stereocenters. The largest absolute Gasteiger partial charge is 0.393 e. The molecular formula is C32H39N5O2. The first-order chi connectivity index (χ1) is 18.9. The minimum absolute atomic E-state index is 0.177. The van der Waals surface area contributed by atoms with Gasteiger partial charge in [-0.3, -0.25) is 4.90 Å². The number of aromatic amines is 1. The summed E-state index contributed by atoms with van der Waals surface area (Å²) < 4.78 is 0. The van der Waals surface area contributed by atoms with Crippen molar-refractivity contribution in [3.8, 4) is 0 Å². The number of aliphatic hydroxyl groups excluding tert-OH is 2. The molecule has 4 aromatic rings. The number of hydrogen-bond donors (Lipinski definition) is 3. The van der Waals surface area contributed by atoms with Crippen LogP contribution in [-0.2, 0) is 5.41 Å². The Kier molecular flexibility index (Phi) is 8.50. The molecule has 0 saturated carbocycles. The molecule has 7 heteroatoms. The molecule has 3 N–H and O–H groups in total. The molecule has 0 spiro atoms. The van der Waals surface area contributed by atoms with Gasteiger partial charge in [0.2, 0.25) is 0 Å². The highest BCUT2D eigenvalue weighted by molar-refractivity contribution is 5.36. The van der Waals surface area contributed by atoms with E-state index < -0.39 is 11.5 Å². The highest BCUT2D eigenvalue weighted by Gasteiger charge is 2.35. The van der Waals surface area contributed by atoms with Gasteiger partial charge in [-0.1, -0.05) is 90.1 Å². The van der Waals surface area contributed by atoms with E-state index in [4.69, 9.17) is 0 Å². The topological polar surface area (TPSA) is 98.2 Å². The Bertz CT molecular complexity index is 1260. The number of likely N-dealkylation sites (tertiary alicyclic amines) is 1. The first kappa shape index (κ1) is 27.2. The fourth-order valence-electron chi connectivity index (χ4n) is 5.95. The average Bonchev–Trinajstić information content (AvgIpc) is 3.52. The molecule has 1 aliphatic rings. The third kappa shape index (κ3) is 6.27. The van der Waals surface area contributed by atoms with Crippen LogP contribution in [0.3, 0.4) is 0 Å². The molecule has 1 aliphatic heterocycles. The third-order valence-electron chi connectivity index (χ3n) is 8.25. The zero-order valence-corrected chi connectivity index (χ0v) is 22.8. The van der Waals surface area contributed by atoms with Crippen molar-refractivity contribution in [1.82, 2.24) is 25.5 Å². The average molecular weight is 526 g/mol. The number of aliphatic hydroxyl groups is 2. The highest BCUT2D eigenvalue weighted by atomic mass is 16.3. The van der Waals surface area contributed by atoms with Crippen LogP contribution < -0.4 is 0 Å². The summed E-state index contributed by atoms with van der Waals surface area (Å²) in [5.41, 5.74) is 4.07. The zero-order chi connectivity index (χ0) is 27.2. The summed E-state index contributed by atoms with van der Waals surface area (Å²) in [6, 6.07) is 29.6. The molecule has 204 valence electrons. The van der Waals surface area contributed by atoms with Gasteiger partial charge in [0.25, 0.3) is 0 Å². The normalized spacial score (nSPS) is 19.3. The van der Waals surface area contributed by atoms with Crippen molar-refractivity contribution in [2.75, 3.05) is 13.1 Å². The Hall–Kier alpha value is -3.39. The van der Waals surface area contributed by atoms with E-state index in [1.165, 1.54) is 11.1 Å². The lowest BCUT2D eigenvalue weighted by atomic mass is 9.79. The summed E-state index contributed by atoms with van der Waals surface area (Å²) in [6.45, 7) is 5.85. The molecule has 7 nitrogen and oxygen atoms in total. The molecule has 3 atom stereocenters. The maximum absolute atomic E-state index is 11.1. The number of aromatic nitrogens is 4. The molecule has 1 aromatic heterocycles. The molecule has 2 heterocycles. The number of nitrogens with one attached hydrogen (secondary N) is 1. The van der Waals surface area contributed by atoms with Crippen molar-refractivity contribution in [2.45, 2.75) is 69.1 Å². The minimum Gasteiger partial charge on any atom is -0.393 e. The van der Waals surface area contributed by atoms with Gasteiger partial charge in [0.1, 0.15) is 0 Å². The molecule has 0 radical (unpaired) electrons. The van der Waals surface area contributed by atoms with Crippen molar-refractivity contribution >= 4 is 0 Å². The quantitative estimate of drug-likeness (QED) is 0.270. The van der Waals surface area contributed by atoms with Crippen LogP contribution in [-0.4, -0.2) is 61.0 Å². The molecule has 39 heavy (non-hydrogen) atoms. The maximum Gasteiger partial charge on any atom is 0.184 e. The highest BCUT2D eigenvalue weighted by Crippen LogP contribution is 2.36. The van der Waals surface area contributed by atoms with Crippen LogP contribution >= 0.6 is 0 Å². The Morgan fingerprint density at radius 2 is 1.62 bits per heavy atom.